The third kappa shape index (κ3) is 15.5. The Kier molecular flexibility index (Phi) is 18.4. The Hall–Kier alpha value is -1.28. The highest BCUT2D eigenvalue weighted by Crippen LogP contribution is 2.23. The number of aliphatic hydroxyl groups excluding tert-OH is 1. The summed E-state index contributed by atoms with van der Waals surface area (Å²) in [5.41, 5.74) is 0.910. The topological polar surface area (TPSA) is 55.6 Å². The van der Waals surface area contributed by atoms with E-state index in [9.17, 15) is 4.79 Å². The van der Waals surface area contributed by atoms with Gasteiger partial charge in [0.1, 0.15) is 6.54 Å². The minimum atomic E-state index is -0.402. The van der Waals surface area contributed by atoms with Crippen molar-refractivity contribution in [3.63, 3.8) is 0 Å². The summed E-state index contributed by atoms with van der Waals surface area (Å²) in [7, 11) is 3.40. The predicted octanol–water partition coefficient (Wildman–Crippen LogP) is 4.48. The molecule has 0 atom stereocenters. The Bertz CT molecular complexity index is 668. The summed E-state index contributed by atoms with van der Waals surface area (Å²) in [6, 6.07) is 0. The Morgan fingerprint density at radius 2 is 2.03 bits per heavy atom. The lowest BCUT2D eigenvalue weighted by molar-refractivity contribution is -0.451. The van der Waals surface area contributed by atoms with E-state index >= 15 is 0 Å². The molecule has 0 heterocycles. The molecule has 182 valence electrons. The number of aliphatic hydroxyl groups is 1. The molecule has 0 saturated heterocycles. The normalized spacial score (nSPS) is 13.9. The zero-order valence-electron chi connectivity index (χ0n) is 20.6. The van der Waals surface area contributed by atoms with Crippen molar-refractivity contribution in [2.24, 2.45) is 5.41 Å². The summed E-state index contributed by atoms with van der Waals surface area (Å²) in [6.07, 6.45) is 19.7. The van der Waals surface area contributed by atoms with Gasteiger partial charge in [0.2, 0.25) is 5.91 Å². The number of nitrogens with one attached hydrogen (secondary N) is 1. The van der Waals surface area contributed by atoms with Crippen LogP contribution in [0.1, 0.15) is 47.0 Å². The molecule has 0 aliphatic rings. The highest BCUT2D eigenvalue weighted by Gasteiger charge is 2.26. The van der Waals surface area contributed by atoms with Crippen LogP contribution >= 0.6 is 22.5 Å². The second-order valence-electron chi connectivity index (χ2n) is 8.35. The minimum Gasteiger partial charge on any atom is -0.395 e. The summed E-state index contributed by atoms with van der Waals surface area (Å²) >= 11 is 4.16. The average molecular weight is 483 g/mol. The number of carbonyl (C=O) groups is 1. The van der Waals surface area contributed by atoms with E-state index in [1.807, 2.05) is 33.9 Å². The highest BCUT2D eigenvalue weighted by atomic mass is 33.1. The maximum atomic E-state index is 12.3. The number of likely N-dealkylation sites (N-methyl/N-ethyl adjacent to an activating group) is 1. The van der Waals surface area contributed by atoms with Gasteiger partial charge >= 0.3 is 0 Å². The van der Waals surface area contributed by atoms with Gasteiger partial charge in [-0.05, 0) is 45.9 Å². The van der Waals surface area contributed by atoms with Gasteiger partial charge in [-0.3, -0.25) is 4.79 Å². The van der Waals surface area contributed by atoms with E-state index < -0.39 is 5.41 Å². The zero-order chi connectivity index (χ0) is 24.2. The molecular formula is C25H44N3O2S2+. The van der Waals surface area contributed by atoms with Crippen LogP contribution in [0.15, 0.2) is 48.2 Å². The molecule has 0 aromatic carbocycles. The number of amides is 1. The Morgan fingerprint density at radius 1 is 1.28 bits per heavy atom. The van der Waals surface area contributed by atoms with Crippen molar-refractivity contribution in [3.05, 3.63) is 48.2 Å². The van der Waals surface area contributed by atoms with Crippen LogP contribution in [0.25, 0.3) is 0 Å². The average Bonchev–Trinajstić information content (AvgIpc) is 2.74. The largest absolute Gasteiger partial charge is 0.395 e. The molecule has 0 rings (SSSR count). The Labute approximate surface area is 205 Å². The van der Waals surface area contributed by atoms with Crippen molar-refractivity contribution in [1.82, 2.24) is 10.2 Å². The third-order valence-electron chi connectivity index (χ3n) is 4.87. The lowest BCUT2D eigenvalue weighted by Crippen LogP contribution is -2.39. The zero-order valence-corrected chi connectivity index (χ0v) is 22.3. The molecule has 1 amide bonds. The van der Waals surface area contributed by atoms with E-state index in [1.54, 1.807) is 0 Å². The molecule has 0 aliphatic heterocycles. The van der Waals surface area contributed by atoms with Crippen molar-refractivity contribution in [2.75, 3.05) is 45.6 Å². The van der Waals surface area contributed by atoms with Gasteiger partial charge in [0.25, 0.3) is 0 Å². The van der Waals surface area contributed by atoms with Crippen molar-refractivity contribution in [2.45, 2.75) is 47.0 Å². The lowest BCUT2D eigenvalue weighted by atomic mass is 9.95. The van der Waals surface area contributed by atoms with E-state index in [4.69, 9.17) is 5.11 Å². The van der Waals surface area contributed by atoms with Crippen LogP contribution in [0, 0.1) is 5.41 Å². The van der Waals surface area contributed by atoms with Crippen molar-refractivity contribution in [1.29, 1.82) is 0 Å². The molecule has 32 heavy (non-hydrogen) atoms. The number of hydrogen-bond acceptors (Lipinski definition) is 5. The Morgan fingerprint density at radius 3 is 2.66 bits per heavy atom. The summed E-state index contributed by atoms with van der Waals surface area (Å²) in [6.45, 7) is 11.2. The summed E-state index contributed by atoms with van der Waals surface area (Å²) in [5.74, 6) is 0.769. The van der Waals surface area contributed by atoms with Crippen LogP contribution in [0.3, 0.4) is 0 Å². The molecule has 0 radical (unpaired) electrons. The second kappa shape index (κ2) is 19.2. The summed E-state index contributed by atoms with van der Waals surface area (Å²) in [5, 5.41) is 12.0. The number of carbonyl (C=O) groups excluding carboxylic acids is 1. The molecule has 0 bridgehead atoms. The van der Waals surface area contributed by atoms with E-state index in [1.165, 1.54) is 16.4 Å². The van der Waals surface area contributed by atoms with Gasteiger partial charge in [-0.25, -0.2) is 4.58 Å². The smallest absolute Gasteiger partial charge is 0.226 e. The molecule has 0 fully saturated rings. The van der Waals surface area contributed by atoms with Crippen molar-refractivity contribution in [3.8, 4) is 0 Å². The van der Waals surface area contributed by atoms with Crippen LogP contribution in [-0.4, -0.2) is 72.3 Å². The van der Waals surface area contributed by atoms with E-state index in [0.29, 0.717) is 18.8 Å². The maximum absolute atomic E-state index is 12.3. The summed E-state index contributed by atoms with van der Waals surface area (Å²) < 4.78 is 2.14. The van der Waals surface area contributed by atoms with Crippen LogP contribution in [0.4, 0.5) is 0 Å². The second-order valence-corrected chi connectivity index (χ2v) is 9.68. The highest BCUT2D eigenvalue weighted by molar-refractivity contribution is 8.68. The SMILES string of the molecule is CC=C[N+](=CC=CCCC(C=CCN(C)CCO)=CC)CCCNC(=O)C(C)(C)CSS. The Balaban J connectivity index is 4.44. The van der Waals surface area contributed by atoms with Crippen molar-refractivity contribution < 1.29 is 14.5 Å². The van der Waals surface area contributed by atoms with Crippen molar-refractivity contribution >= 4 is 34.6 Å². The van der Waals surface area contributed by atoms with Crippen LogP contribution in [-0.2, 0) is 4.79 Å². The molecule has 2 N–H and O–H groups in total. The standard InChI is InChI=1S/C25H43N3O2S2/c1-6-16-28(19-12-15-26-24(30)25(3,4)22-32-31)18-10-8-9-13-23(7-2)14-11-17-27(5)20-21-29/h6-8,10-11,14,16,18,29H,9,12-13,15,17,19-22H2,1-5H3,(H-,26,30,31)/p+1. The monoisotopic (exact) mass is 482 g/mol. The number of thiol groups is 1. The van der Waals surface area contributed by atoms with Gasteiger partial charge in [0.15, 0.2) is 12.4 Å². The molecule has 0 unspecified atom stereocenters. The third-order valence-corrected chi connectivity index (χ3v) is 6.11. The van der Waals surface area contributed by atoms with Crippen LogP contribution < -0.4 is 5.32 Å². The quantitative estimate of drug-likeness (QED) is 0.0715. The van der Waals surface area contributed by atoms with Gasteiger partial charge in [-0.15, -0.1) is 11.7 Å². The molecule has 5 nitrogen and oxygen atoms in total. The van der Waals surface area contributed by atoms with Gasteiger partial charge < -0.3 is 15.3 Å². The van der Waals surface area contributed by atoms with Gasteiger partial charge in [0.05, 0.1) is 12.0 Å². The van der Waals surface area contributed by atoms with E-state index in [0.717, 1.165) is 32.4 Å². The fraction of sp³-hybridized carbons (Fsp3) is 0.600. The number of hydrogen-bond donors (Lipinski definition) is 3. The summed E-state index contributed by atoms with van der Waals surface area (Å²) in [4.78, 5) is 14.3. The fourth-order valence-corrected chi connectivity index (χ4v) is 4.23. The molecular weight excluding hydrogens is 438 g/mol. The molecule has 0 aliphatic carbocycles. The van der Waals surface area contributed by atoms with E-state index in [-0.39, 0.29) is 12.5 Å². The first-order valence-electron chi connectivity index (χ1n) is 11.3. The van der Waals surface area contributed by atoms with Gasteiger partial charge in [-0.2, -0.15) is 0 Å². The minimum absolute atomic E-state index is 0.0781. The molecule has 0 aromatic heterocycles. The first kappa shape index (κ1) is 30.7. The van der Waals surface area contributed by atoms with Gasteiger partial charge in [-0.1, -0.05) is 54.5 Å². The molecule has 0 aromatic rings. The van der Waals surface area contributed by atoms with Crippen LogP contribution in [0.5, 0.6) is 0 Å². The predicted molar refractivity (Wildman–Crippen MR) is 145 cm³/mol. The number of rotatable bonds is 17. The lowest BCUT2D eigenvalue weighted by Gasteiger charge is -2.21. The van der Waals surface area contributed by atoms with E-state index in [2.05, 4.69) is 76.2 Å². The number of nitrogens with zero attached hydrogens (tertiary/aromatic N) is 2. The first-order valence-corrected chi connectivity index (χ1v) is 13.4. The molecule has 0 saturated carbocycles. The van der Waals surface area contributed by atoms with Crippen LogP contribution in [0.2, 0.25) is 0 Å². The molecule has 0 spiro atoms. The number of allylic oxidation sites excluding steroid dienone is 6. The first-order chi connectivity index (χ1) is 15.3. The van der Waals surface area contributed by atoms with Gasteiger partial charge in [0, 0.05) is 31.8 Å². The fourth-order valence-electron chi connectivity index (χ4n) is 2.81. The molecule has 7 heteroatoms. The maximum Gasteiger partial charge on any atom is 0.226 e.